The van der Waals surface area contributed by atoms with Crippen LogP contribution in [0.4, 0.5) is 18.9 Å². The molecular weight excluding hydrogens is 451 g/mol. The summed E-state index contributed by atoms with van der Waals surface area (Å²) in [5, 5.41) is 0. The lowest BCUT2D eigenvalue weighted by atomic mass is 10.2. The lowest BCUT2D eigenvalue weighted by Crippen LogP contribution is -2.43. The van der Waals surface area contributed by atoms with Gasteiger partial charge in [-0.25, -0.2) is 13.2 Å². The van der Waals surface area contributed by atoms with Crippen LogP contribution >= 0.6 is 0 Å². The van der Waals surface area contributed by atoms with E-state index in [1.54, 1.807) is 13.8 Å². The molecular formula is C21H24F3NO6S. The summed E-state index contributed by atoms with van der Waals surface area (Å²) in [5.74, 6) is -0.249. The first-order valence-electron chi connectivity index (χ1n) is 9.47. The van der Waals surface area contributed by atoms with Crippen LogP contribution in [0.2, 0.25) is 0 Å². The molecule has 176 valence electrons. The number of halogens is 3. The van der Waals surface area contributed by atoms with Gasteiger partial charge in [-0.1, -0.05) is 0 Å². The van der Waals surface area contributed by atoms with Crippen LogP contribution in [0.1, 0.15) is 19.4 Å². The minimum atomic E-state index is -4.45. The van der Waals surface area contributed by atoms with Crippen LogP contribution in [-0.4, -0.2) is 46.5 Å². The van der Waals surface area contributed by atoms with Crippen molar-refractivity contribution in [3.8, 4) is 11.5 Å². The number of methoxy groups -OCH3 is 1. The number of benzene rings is 2. The van der Waals surface area contributed by atoms with Gasteiger partial charge in [0.15, 0.2) is 6.10 Å². The average molecular weight is 475 g/mol. The van der Waals surface area contributed by atoms with Gasteiger partial charge in [0.05, 0.1) is 37.3 Å². The predicted octanol–water partition coefficient (Wildman–Crippen LogP) is 4.23. The van der Waals surface area contributed by atoms with Gasteiger partial charge >= 0.3 is 12.1 Å². The summed E-state index contributed by atoms with van der Waals surface area (Å²) in [6.45, 7) is 3.10. The molecule has 0 N–H and O–H groups in total. The van der Waals surface area contributed by atoms with Crippen molar-refractivity contribution >= 4 is 21.7 Å². The first-order valence-corrected chi connectivity index (χ1v) is 11.3. The Morgan fingerprint density at radius 1 is 1.00 bits per heavy atom. The summed E-state index contributed by atoms with van der Waals surface area (Å²) in [7, 11) is -2.61. The van der Waals surface area contributed by atoms with Gasteiger partial charge < -0.3 is 14.2 Å². The van der Waals surface area contributed by atoms with Crippen molar-refractivity contribution in [3.63, 3.8) is 0 Å². The molecule has 0 unspecified atom stereocenters. The number of hydrogen-bond donors (Lipinski definition) is 0. The van der Waals surface area contributed by atoms with Crippen molar-refractivity contribution in [1.82, 2.24) is 0 Å². The summed E-state index contributed by atoms with van der Waals surface area (Å²) < 4.78 is 79.4. The molecule has 0 bridgehead atoms. The molecule has 7 nitrogen and oxygen atoms in total. The highest BCUT2D eigenvalue weighted by Gasteiger charge is 2.30. The number of rotatable bonds is 9. The highest BCUT2D eigenvalue weighted by Crippen LogP contribution is 2.32. The molecule has 1 atom stereocenters. The average Bonchev–Trinajstić information content (AvgIpc) is 2.70. The molecule has 0 aliphatic rings. The third kappa shape index (κ3) is 7.13. The monoisotopic (exact) mass is 475 g/mol. The van der Waals surface area contributed by atoms with Gasteiger partial charge in [0.1, 0.15) is 11.5 Å². The number of ether oxygens (including phenoxy) is 3. The second-order valence-electron chi connectivity index (χ2n) is 7.11. The molecule has 0 spiro atoms. The van der Waals surface area contributed by atoms with Crippen molar-refractivity contribution in [2.75, 3.05) is 24.2 Å². The number of sulfonamides is 1. The van der Waals surface area contributed by atoms with E-state index in [1.807, 2.05) is 0 Å². The Kier molecular flexibility index (Phi) is 8.13. The Balaban J connectivity index is 2.22. The van der Waals surface area contributed by atoms with Crippen molar-refractivity contribution in [3.05, 3.63) is 54.1 Å². The van der Waals surface area contributed by atoms with E-state index in [0.717, 1.165) is 22.7 Å². The van der Waals surface area contributed by atoms with Gasteiger partial charge in [0, 0.05) is 0 Å². The van der Waals surface area contributed by atoms with E-state index >= 15 is 0 Å². The van der Waals surface area contributed by atoms with Gasteiger partial charge in [-0.2, -0.15) is 13.2 Å². The SMILES string of the molecule is COC(=O)[C@H](CN(c1ccc(Oc2ccc(C(F)(F)F)cc2)cc1)S(C)(=O)=O)OC(C)C. The van der Waals surface area contributed by atoms with Gasteiger partial charge in [-0.15, -0.1) is 0 Å². The molecule has 0 saturated carbocycles. The van der Waals surface area contributed by atoms with E-state index in [0.29, 0.717) is 0 Å². The summed E-state index contributed by atoms with van der Waals surface area (Å²) in [5.41, 5.74) is -0.554. The van der Waals surface area contributed by atoms with Crippen LogP contribution in [0, 0.1) is 0 Å². The Hall–Kier alpha value is -2.79. The molecule has 32 heavy (non-hydrogen) atoms. The molecule has 0 aromatic heterocycles. The smallest absolute Gasteiger partial charge is 0.416 e. The van der Waals surface area contributed by atoms with Crippen LogP contribution in [0.5, 0.6) is 11.5 Å². The van der Waals surface area contributed by atoms with Crippen LogP contribution < -0.4 is 9.04 Å². The first-order chi connectivity index (χ1) is 14.8. The van der Waals surface area contributed by atoms with Gasteiger partial charge in [0.25, 0.3) is 0 Å². The number of anilines is 1. The number of alkyl halides is 3. The van der Waals surface area contributed by atoms with E-state index in [-0.39, 0.29) is 29.8 Å². The normalized spacial score (nSPS) is 13.0. The summed E-state index contributed by atoms with van der Waals surface area (Å²) in [4.78, 5) is 12.0. The molecule has 11 heteroatoms. The Labute approximate surface area is 184 Å². The summed E-state index contributed by atoms with van der Waals surface area (Å²) in [6, 6.07) is 9.98. The summed E-state index contributed by atoms with van der Waals surface area (Å²) >= 11 is 0. The van der Waals surface area contributed by atoms with Gasteiger partial charge in [0.2, 0.25) is 10.0 Å². The first kappa shape index (κ1) is 25.5. The molecule has 2 aromatic rings. The van der Waals surface area contributed by atoms with Crippen molar-refractivity contribution in [2.24, 2.45) is 0 Å². The van der Waals surface area contributed by atoms with E-state index in [1.165, 1.54) is 43.5 Å². The molecule has 2 rings (SSSR count). The largest absolute Gasteiger partial charge is 0.467 e. The van der Waals surface area contributed by atoms with Crippen LogP contribution in [0.3, 0.4) is 0 Å². The minimum Gasteiger partial charge on any atom is -0.467 e. The lowest BCUT2D eigenvalue weighted by Gasteiger charge is -2.27. The fourth-order valence-corrected chi connectivity index (χ4v) is 3.66. The summed E-state index contributed by atoms with van der Waals surface area (Å²) in [6.07, 6.45) is -4.95. The zero-order valence-electron chi connectivity index (χ0n) is 17.9. The second kappa shape index (κ2) is 10.2. The fourth-order valence-electron chi connectivity index (χ4n) is 2.74. The van der Waals surface area contributed by atoms with Gasteiger partial charge in [-0.3, -0.25) is 4.31 Å². The number of hydrogen-bond acceptors (Lipinski definition) is 6. The molecule has 0 saturated heterocycles. The van der Waals surface area contributed by atoms with E-state index in [9.17, 15) is 26.4 Å². The Morgan fingerprint density at radius 3 is 1.91 bits per heavy atom. The highest BCUT2D eigenvalue weighted by atomic mass is 32.2. The van der Waals surface area contributed by atoms with E-state index in [2.05, 4.69) is 0 Å². The van der Waals surface area contributed by atoms with Crippen LogP contribution in [0.25, 0.3) is 0 Å². The van der Waals surface area contributed by atoms with Crippen LogP contribution in [0.15, 0.2) is 48.5 Å². The number of carbonyl (C=O) groups is 1. The number of carbonyl (C=O) groups excluding carboxylic acids is 1. The number of esters is 1. The quantitative estimate of drug-likeness (QED) is 0.505. The third-order valence-corrected chi connectivity index (χ3v) is 5.34. The maximum Gasteiger partial charge on any atom is 0.416 e. The molecule has 0 amide bonds. The molecule has 0 heterocycles. The van der Waals surface area contributed by atoms with Crippen LogP contribution in [-0.2, 0) is 30.5 Å². The highest BCUT2D eigenvalue weighted by molar-refractivity contribution is 7.92. The standard InChI is InChI=1S/C21H24F3NO6S/c1-14(2)30-19(20(26)29-3)13-25(32(4,27)28)16-7-11-18(12-8-16)31-17-9-5-15(6-10-17)21(22,23)24/h5-12,14,19H,13H2,1-4H3/t19-/m0/s1. The lowest BCUT2D eigenvalue weighted by molar-refractivity contribution is -0.155. The van der Waals surface area contributed by atoms with Crippen molar-refractivity contribution < 1.29 is 40.6 Å². The maximum atomic E-state index is 12.7. The van der Waals surface area contributed by atoms with E-state index < -0.39 is 33.8 Å². The number of nitrogens with zero attached hydrogens (tertiary/aromatic N) is 1. The molecule has 0 aliphatic carbocycles. The predicted molar refractivity (Wildman–Crippen MR) is 112 cm³/mol. The zero-order valence-corrected chi connectivity index (χ0v) is 18.7. The second-order valence-corrected chi connectivity index (χ2v) is 9.02. The third-order valence-electron chi connectivity index (χ3n) is 4.17. The molecule has 2 aromatic carbocycles. The van der Waals surface area contributed by atoms with Crippen molar-refractivity contribution in [2.45, 2.75) is 32.2 Å². The topological polar surface area (TPSA) is 82.1 Å². The van der Waals surface area contributed by atoms with Crippen molar-refractivity contribution in [1.29, 1.82) is 0 Å². The molecule has 0 radical (unpaired) electrons. The Morgan fingerprint density at radius 2 is 1.50 bits per heavy atom. The minimum absolute atomic E-state index is 0.182. The fraction of sp³-hybridized carbons (Fsp3) is 0.381. The molecule has 0 fully saturated rings. The molecule has 0 aliphatic heterocycles. The van der Waals surface area contributed by atoms with E-state index in [4.69, 9.17) is 14.2 Å². The Bertz CT molecular complexity index is 1010. The zero-order chi connectivity index (χ0) is 24.1. The maximum absolute atomic E-state index is 12.7. The van der Waals surface area contributed by atoms with Gasteiger partial charge in [-0.05, 0) is 62.4 Å².